The molecule has 0 radical (unpaired) electrons. The zero-order valence-electron chi connectivity index (χ0n) is 38.6. The summed E-state index contributed by atoms with van der Waals surface area (Å²) in [7, 11) is 0. The van der Waals surface area contributed by atoms with E-state index >= 15 is 0 Å². The quantitative estimate of drug-likeness (QED) is 0.0339. The van der Waals surface area contributed by atoms with E-state index in [1.54, 1.807) is 0 Å². The molecule has 0 amide bonds. The van der Waals surface area contributed by atoms with Crippen LogP contribution >= 0.6 is 0 Å². The van der Waals surface area contributed by atoms with Gasteiger partial charge in [0.1, 0.15) is 6.10 Å². The molecule has 0 N–H and O–H groups in total. The molecule has 2 unspecified atom stereocenters. The van der Waals surface area contributed by atoms with Gasteiger partial charge in [0.25, 0.3) is 0 Å². The summed E-state index contributed by atoms with van der Waals surface area (Å²) < 4.78 is 22.7. The number of esters is 2. The molecule has 0 aromatic heterocycles. The average molecular weight is 811 g/mol. The van der Waals surface area contributed by atoms with E-state index in [-0.39, 0.29) is 24.0 Å². The van der Waals surface area contributed by atoms with Crippen LogP contribution in [0.25, 0.3) is 0 Å². The van der Waals surface area contributed by atoms with Crippen molar-refractivity contribution in [3.63, 3.8) is 0 Å². The van der Waals surface area contributed by atoms with Crippen molar-refractivity contribution in [1.82, 2.24) is 9.80 Å². The molecule has 9 heteroatoms. The molecule has 0 aliphatic rings. The number of nitrogens with zero attached hydrogens (tertiary/aromatic N) is 2. The summed E-state index contributed by atoms with van der Waals surface area (Å²) in [4.78, 5) is 43.0. The Kier molecular flexibility index (Phi) is 40.9. The zero-order valence-corrected chi connectivity index (χ0v) is 38.6. The number of ether oxygens (including phenoxy) is 4. The van der Waals surface area contributed by atoms with Gasteiger partial charge in [0.15, 0.2) is 0 Å². The molecule has 0 saturated carbocycles. The summed E-state index contributed by atoms with van der Waals surface area (Å²) in [6.45, 7) is 20.1. The molecule has 9 nitrogen and oxygen atoms in total. The number of likely N-dealkylation sites (N-methyl/N-ethyl adjacent to an activating group) is 1. The molecule has 0 bridgehead atoms. The maximum Gasteiger partial charge on any atom is 0.508 e. The minimum absolute atomic E-state index is 0.00340. The standard InChI is InChI=1S/C48H94N2O7/c1-7-13-17-21-22-25-33-44(32-24-19-15-9-3)47(52)55-42-30-37-50(40-39-49(11-5)12-6)38-31-43-56-48(53)57-45(34-26-20-16-10-4)35-27-28-36-46(51)54-41-29-23-18-14-8-2/h44-45H,7-43H2,1-6H3. The fourth-order valence-electron chi connectivity index (χ4n) is 7.39. The summed E-state index contributed by atoms with van der Waals surface area (Å²) in [5.74, 6) is -0.104. The van der Waals surface area contributed by atoms with Crippen LogP contribution in [-0.4, -0.2) is 93.1 Å². The van der Waals surface area contributed by atoms with Gasteiger partial charge in [-0.25, -0.2) is 4.79 Å². The lowest BCUT2D eigenvalue weighted by Crippen LogP contribution is -2.37. The smallest absolute Gasteiger partial charge is 0.466 e. The molecule has 0 heterocycles. The van der Waals surface area contributed by atoms with Crippen LogP contribution in [-0.2, 0) is 28.5 Å². The first-order chi connectivity index (χ1) is 27.8. The van der Waals surface area contributed by atoms with Gasteiger partial charge in [-0.05, 0) is 77.3 Å². The number of carbonyl (C=O) groups excluding carboxylic acids is 3. The van der Waals surface area contributed by atoms with E-state index in [1.807, 2.05) is 0 Å². The Morgan fingerprint density at radius 2 is 0.860 bits per heavy atom. The van der Waals surface area contributed by atoms with Crippen LogP contribution in [0, 0.1) is 5.92 Å². The first kappa shape index (κ1) is 55.1. The summed E-state index contributed by atoms with van der Waals surface area (Å²) in [6, 6.07) is 0. The monoisotopic (exact) mass is 811 g/mol. The normalized spacial score (nSPS) is 12.6. The van der Waals surface area contributed by atoms with Gasteiger partial charge in [0.05, 0.1) is 25.7 Å². The van der Waals surface area contributed by atoms with E-state index in [0.29, 0.717) is 32.7 Å². The predicted octanol–water partition coefficient (Wildman–Crippen LogP) is 12.9. The van der Waals surface area contributed by atoms with Crippen LogP contribution in [0.2, 0.25) is 0 Å². The van der Waals surface area contributed by atoms with E-state index in [2.05, 4.69) is 51.3 Å². The number of hydrogen-bond donors (Lipinski definition) is 0. The van der Waals surface area contributed by atoms with Crippen molar-refractivity contribution in [2.75, 3.05) is 59.1 Å². The third kappa shape index (κ3) is 35.8. The van der Waals surface area contributed by atoms with E-state index in [0.717, 1.165) is 129 Å². The van der Waals surface area contributed by atoms with Crippen LogP contribution < -0.4 is 0 Å². The van der Waals surface area contributed by atoms with Crippen molar-refractivity contribution in [3.8, 4) is 0 Å². The maximum absolute atomic E-state index is 13.2. The molecule has 0 aliphatic heterocycles. The lowest BCUT2D eigenvalue weighted by atomic mass is 9.94. The number of unbranched alkanes of at least 4 members (excludes halogenated alkanes) is 16. The highest BCUT2D eigenvalue weighted by atomic mass is 16.7. The van der Waals surface area contributed by atoms with Crippen molar-refractivity contribution in [2.24, 2.45) is 5.92 Å². The molecule has 57 heavy (non-hydrogen) atoms. The lowest BCUT2D eigenvalue weighted by Gasteiger charge is -2.26. The summed E-state index contributed by atoms with van der Waals surface area (Å²) in [5.41, 5.74) is 0. The number of hydrogen-bond acceptors (Lipinski definition) is 9. The first-order valence-electron chi connectivity index (χ1n) is 24.4. The van der Waals surface area contributed by atoms with Gasteiger partial charge in [0, 0.05) is 32.6 Å². The average Bonchev–Trinajstić information content (AvgIpc) is 3.21. The van der Waals surface area contributed by atoms with Crippen molar-refractivity contribution in [3.05, 3.63) is 0 Å². The molecule has 0 aliphatic carbocycles. The SMILES string of the molecule is CCCCCCCCC(CCCCCC)C(=O)OCCCN(CCCOC(=O)OC(CCCCCC)CCCCC(=O)OCCCCCCC)CCN(CC)CC. The second kappa shape index (κ2) is 42.3. The van der Waals surface area contributed by atoms with Gasteiger partial charge in [-0.2, -0.15) is 0 Å². The number of rotatable bonds is 43. The van der Waals surface area contributed by atoms with E-state index in [9.17, 15) is 14.4 Å². The molecular weight excluding hydrogens is 717 g/mol. The Hall–Kier alpha value is -1.87. The Bertz CT molecular complexity index is 900. The summed E-state index contributed by atoms with van der Waals surface area (Å²) in [5, 5.41) is 0. The third-order valence-corrected chi connectivity index (χ3v) is 11.3. The Morgan fingerprint density at radius 3 is 1.42 bits per heavy atom. The highest BCUT2D eigenvalue weighted by Crippen LogP contribution is 2.21. The fourth-order valence-corrected chi connectivity index (χ4v) is 7.39. The minimum atomic E-state index is -0.593. The molecular formula is C48H94N2O7. The molecule has 0 fully saturated rings. The van der Waals surface area contributed by atoms with E-state index < -0.39 is 6.16 Å². The highest BCUT2D eigenvalue weighted by Gasteiger charge is 2.20. The topological polar surface area (TPSA) is 94.6 Å². The van der Waals surface area contributed by atoms with Crippen LogP contribution in [0.1, 0.15) is 221 Å². The lowest BCUT2D eigenvalue weighted by molar-refractivity contribution is -0.149. The molecule has 0 aromatic carbocycles. The van der Waals surface area contributed by atoms with Gasteiger partial charge < -0.3 is 28.7 Å². The van der Waals surface area contributed by atoms with Crippen molar-refractivity contribution in [1.29, 1.82) is 0 Å². The Balaban J connectivity index is 4.85. The van der Waals surface area contributed by atoms with E-state index in [4.69, 9.17) is 18.9 Å². The van der Waals surface area contributed by atoms with Crippen LogP contribution in [0.15, 0.2) is 0 Å². The third-order valence-electron chi connectivity index (χ3n) is 11.3. The highest BCUT2D eigenvalue weighted by molar-refractivity contribution is 5.72. The largest absolute Gasteiger partial charge is 0.508 e. The van der Waals surface area contributed by atoms with Crippen LogP contribution in [0.5, 0.6) is 0 Å². The van der Waals surface area contributed by atoms with E-state index in [1.165, 1.54) is 77.0 Å². The second-order valence-corrected chi connectivity index (χ2v) is 16.4. The Morgan fingerprint density at radius 1 is 0.421 bits per heavy atom. The van der Waals surface area contributed by atoms with Crippen LogP contribution in [0.4, 0.5) is 4.79 Å². The zero-order chi connectivity index (χ0) is 42.0. The summed E-state index contributed by atoms with van der Waals surface area (Å²) in [6.07, 6.45) is 28.5. The predicted molar refractivity (Wildman–Crippen MR) is 238 cm³/mol. The second-order valence-electron chi connectivity index (χ2n) is 16.4. The maximum atomic E-state index is 13.2. The summed E-state index contributed by atoms with van der Waals surface area (Å²) >= 11 is 0. The molecule has 0 aromatic rings. The first-order valence-corrected chi connectivity index (χ1v) is 24.4. The minimum Gasteiger partial charge on any atom is -0.466 e. The van der Waals surface area contributed by atoms with Gasteiger partial charge >= 0.3 is 18.1 Å². The number of carbonyl (C=O) groups is 3. The molecule has 2 atom stereocenters. The Labute approximate surface area is 352 Å². The van der Waals surface area contributed by atoms with Crippen molar-refractivity contribution in [2.45, 2.75) is 227 Å². The molecule has 0 rings (SSSR count). The van der Waals surface area contributed by atoms with Crippen molar-refractivity contribution < 1.29 is 33.3 Å². The molecule has 0 saturated heterocycles. The van der Waals surface area contributed by atoms with Gasteiger partial charge in [-0.3, -0.25) is 9.59 Å². The van der Waals surface area contributed by atoms with Gasteiger partial charge in [-0.15, -0.1) is 0 Å². The van der Waals surface area contributed by atoms with Crippen LogP contribution in [0.3, 0.4) is 0 Å². The van der Waals surface area contributed by atoms with Gasteiger partial charge in [0.2, 0.25) is 0 Å². The van der Waals surface area contributed by atoms with Gasteiger partial charge in [-0.1, -0.05) is 151 Å². The molecule has 338 valence electrons. The van der Waals surface area contributed by atoms with Crippen molar-refractivity contribution >= 4 is 18.1 Å². The fraction of sp³-hybridized carbons (Fsp3) is 0.938. The molecule has 0 spiro atoms.